The van der Waals surface area contributed by atoms with Gasteiger partial charge in [0.15, 0.2) is 6.61 Å². The molecule has 0 aliphatic rings. The summed E-state index contributed by atoms with van der Waals surface area (Å²) >= 11 is 12.3. The molecule has 28 heavy (non-hydrogen) atoms. The Bertz CT molecular complexity index is 1020. The number of ether oxygens (including phenoxy) is 1. The van der Waals surface area contributed by atoms with Crippen molar-refractivity contribution >= 4 is 46.7 Å². The van der Waals surface area contributed by atoms with Crippen molar-refractivity contribution in [2.24, 2.45) is 4.99 Å². The summed E-state index contributed by atoms with van der Waals surface area (Å²) < 4.78 is 19.0. The molecule has 0 fully saturated rings. The molecule has 1 amide bonds. The highest BCUT2D eigenvalue weighted by Crippen LogP contribution is 2.27. The number of rotatable bonds is 6. The van der Waals surface area contributed by atoms with Crippen LogP contribution in [0, 0.1) is 5.82 Å². The van der Waals surface area contributed by atoms with E-state index < -0.39 is 11.7 Å². The van der Waals surface area contributed by atoms with Crippen LogP contribution >= 0.6 is 23.2 Å². The van der Waals surface area contributed by atoms with Crippen LogP contribution in [0.2, 0.25) is 10.0 Å². The van der Waals surface area contributed by atoms with E-state index in [-0.39, 0.29) is 12.3 Å². The summed E-state index contributed by atoms with van der Waals surface area (Å²) in [7, 11) is 0. The van der Waals surface area contributed by atoms with Crippen LogP contribution in [0.4, 0.5) is 15.8 Å². The van der Waals surface area contributed by atoms with E-state index in [0.717, 1.165) is 5.56 Å². The van der Waals surface area contributed by atoms with Crippen molar-refractivity contribution in [2.45, 2.75) is 0 Å². The Balaban J connectivity index is 1.60. The van der Waals surface area contributed by atoms with Crippen LogP contribution in [0.1, 0.15) is 5.56 Å². The fourth-order valence-corrected chi connectivity index (χ4v) is 2.74. The molecule has 0 heterocycles. The quantitative estimate of drug-likeness (QED) is 0.508. The van der Waals surface area contributed by atoms with Gasteiger partial charge < -0.3 is 10.1 Å². The second-order valence-electron chi connectivity index (χ2n) is 5.72. The predicted octanol–water partition coefficient (Wildman–Crippen LogP) is 5.90. The summed E-state index contributed by atoms with van der Waals surface area (Å²) in [6.07, 6.45) is 1.63. The van der Waals surface area contributed by atoms with Gasteiger partial charge in [0.05, 0.1) is 21.4 Å². The molecule has 0 unspecified atom stereocenters. The van der Waals surface area contributed by atoms with Crippen molar-refractivity contribution in [3.05, 3.63) is 88.2 Å². The first kappa shape index (κ1) is 19.9. The van der Waals surface area contributed by atoms with Gasteiger partial charge in [-0.05, 0) is 48.0 Å². The highest BCUT2D eigenvalue weighted by Gasteiger charge is 2.09. The predicted molar refractivity (Wildman–Crippen MR) is 111 cm³/mol. The van der Waals surface area contributed by atoms with E-state index in [1.54, 1.807) is 42.6 Å². The standard InChI is InChI=1S/C21H15Cl2FN2O2/c22-15-5-1-3-7-18(15)25-12-14-9-10-20(16(23)11-14)28-13-21(27)26-19-8-4-2-6-17(19)24/h1-12H,13H2,(H,26,27). The monoisotopic (exact) mass is 416 g/mol. The lowest BCUT2D eigenvalue weighted by atomic mass is 10.2. The molecular formula is C21H15Cl2FN2O2. The van der Waals surface area contributed by atoms with E-state index in [1.165, 1.54) is 18.2 Å². The topological polar surface area (TPSA) is 50.7 Å². The minimum absolute atomic E-state index is 0.0910. The molecule has 0 aromatic heterocycles. The second-order valence-corrected chi connectivity index (χ2v) is 6.53. The van der Waals surface area contributed by atoms with Crippen LogP contribution in [0.25, 0.3) is 0 Å². The van der Waals surface area contributed by atoms with E-state index in [1.807, 2.05) is 12.1 Å². The molecule has 3 aromatic rings. The maximum atomic E-state index is 13.5. The molecular weight excluding hydrogens is 402 g/mol. The molecule has 142 valence electrons. The molecule has 0 spiro atoms. The second kappa shape index (κ2) is 9.35. The van der Waals surface area contributed by atoms with Gasteiger partial charge in [-0.2, -0.15) is 0 Å². The molecule has 1 N–H and O–H groups in total. The zero-order valence-corrected chi connectivity index (χ0v) is 16.0. The number of aliphatic imine (C=N–C) groups is 1. The zero-order chi connectivity index (χ0) is 19.9. The van der Waals surface area contributed by atoms with Crippen molar-refractivity contribution in [1.29, 1.82) is 0 Å². The SMILES string of the molecule is O=C(COc1ccc(C=Nc2ccccc2Cl)cc1Cl)Nc1ccccc1F. The lowest BCUT2D eigenvalue weighted by Crippen LogP contribution is -2.20. The third-order valence-corrected chi connectivity index (χ3v) is 4.28. The Morgan fingerprint density at radius 2 is 1.79 bits per heavy atom. The normalized spacial score (nSPS) is 10.8. The molecule has 3 aromatic carbocycles. The molecule has 0 radical (unpaired) electrons. The van der Waals surface area contributed by atoms with E-state index >= 15 is 0 Å². The van der Waals surface area contributed by atoms with Crippen LogP contribution in [0.3, 0.4) is 0 Å². The highest BCUT2D eigenvalue weighted by atomic mass is 35.5. The van der Waals surface area contributed by atoms with Gasteiger partial charge in [0, 0.05) is 6.21 Å². The number of nitrogens with zero attached hydrogens (tertiary/aromatic N) is 1. The van der Waals surface area contributed by atoms with Gasteiger partial charge in [0.25, 0.3) is 5.91 Å². The van der Waals surface area contributed by atoms with Crippen LogP contribution in [0.5, 0.6) is 5.75 Å². The first-order valence-electron chi connectivity index (χ1n) is 8.28. The Morgan fingerprint density at radius 3 is 2.54 bits per heavy atom. The number of benzene rings is 3. The van der Waals surface area contributed by atoms with Gasteiger partial charge in [-0.1, -0.05) is 47.5 Å². The number of nitrogens with one attached hydrogen (secondary N) is 1. The van der Waals surface area contributed by atoms with Gasteiger partial charge in [0.1, 0.15) is 11.6 Å². The number of halogens is 3. The number of hydrogen-bond donors (Lipinski definition) is 1. The van der Waals surface area contributed by atoms with Crippen LogP contribution < -0.4 is 10.1 Å². The van der Waals surface area contributed by atoms with Gasteiger partial charge in [-0.15, -0.1) is 0 Å². The summed E-state index contributed by atoms with van der Waals surface area (Å²) in [6.45, 7) is -0.304. The fourth-order valence-electron chi connectivity index (χ4n) is 2.31. The number of anilines is 1. The minimum Gasteiger partial charge on any atom is -0.482 e. The number of carbonyl (C=O) groups excluding carboxylic acids is 1. The van der Waals surface area contributed by atoms with Crippen molar-refractivity contribution in [2.75, 3.05) is 11.9 Å². The lowest BCUT2D eigenvalue weighted by molar-refractivity contribution is -0.118. The van der Waals surface area contributed by atoms with Gasteiger partial charge in [0.2, 0.25) is 0 Å². The van der Waals surface area contributed by atoms with Crippen molar-refractivity contribution < 1.29 is 13.9 Å². The summed E-state index contributed by atoms with van der Waals surface area (Å²) in [6, 6.07) is 18.1. The van der Waals surface area contributed by atoms with E-state index in [0.29, 0.717) is 21.5 Å². The Morgan fingerprint density at radius 1 is 1.04 bits per heavy atom. The number of amides is 1. The van der Waals surface area contributed by atoms with Crippen molar-refractivity contribution in [1.82, 2.24) is 0 Å². The first-order valence-corrected chi connectivity index (χ1v) is 9.04. The van der Waals surface area contributed by atoms with Crippen molar-refractivity contribution in [3.8, 4) is 5.75 Å². The highest BCUT2D eigenvalue weighted by molar-refractivity contribution is 6.33. The Kier molecular flexibility index (Phi) is 6.63. The summed E-state index contributed by atoms with van der Waals surface area (Å²) in [5.41, 5.74) is 1.48. The van der Waals surface area contributed by atoms with Crippen LogP contribution in [-0.2, 0) is 4.79 Å². The summed E-state index contributed by atoms with van der Waals surface area (Å²) in [5, 5.41) is 3.31. The Labute approximate surface area is 171 Å². The number of hydrogen-bond acceptors (Lipinski definition) is 3. The van der Waals surface area contributed by atoms with Gasteiger partial charge in [-0.3, -0.25) is 9.79 Å². The zero-order valence-electron chi connectivity index (χ0n) is 14.5. The minimum atomic E-state index is -0.518. The average Bonchev–Trinajstić information content (AvgIpc) is 2.68. The lowest BCUT2D eigenvalue weighted by Gasteiger charge is -2.09. The molecule has 0 saturated heterocycles. The number of para-hydroxylation sites is 2. The molecule has 0 aliphatic heterocycles. The smallest absolute Gasteiger partial charge is 0.262 e. The summed E-state index contributed by atoms with van der Waals surface area (Å²) in [5.74, 6) is -0.679. The third kappa shape index (κ3) is 5.31. The van der Waals surface area contributed by atoms with Crippen molar-refractivity contribution in [3.63, 3.8) is 0 Å². The maximum Gasteiger partial charge on any atom is 0.262 e. The van der Waals surface area contributed by atoms with Gasteiger partial charge in [-0.25, -0.2) is 4.39 Å². The molecule has 0 saturated carbocycles. The molecule has 4 nitrogen and oxygen atoms in total. The first-order chi connectivity index (χ1) is 13.5. The fraction of sp³-hybridized carbons (Fsp3) is 0.0476. The van der Waals surface area contributed by atoms with Crippen LogP contribution in [0.15, 0.2) is 71.7 Å². The van der Waals surface area contributed by atoms with E-state index in [9.17, 15) is 9.18 Å². The number of carbonyl (C=O) groups is 1. The molecule has 7 heteroatoms. The Hall–Kier alpha value is -2.89. The molecule has 0 bridgehead atoms. The van der Waals surface area contributed by atoms with E-state index in [4.69, 9.17) is 27.9 Å². The molecule has 0 atom stereocenters. The average molecular weight is 417 g/mol. The molecule has 0 aliphatic carbocycles. The van der Waals surface area contributed by atoms with Gasteiger partial charge >= 0.3 is 0 Å². The largest absolute Gasteiger partial charge is 0.482 e. The third-order valence-electron chi connectivity index (χ3n) is 3.67. The van der Waals surface area contributed by atoms with Crippen LogP contribution in [-0.4, -0.2) is 18.7 Å². The summed E-state index contributed by atoms with van der Waals surface area (Å²) in [4.78, 5) is 16.2. The maximum absolute atomic E-state index is 13.5. The molecule has 3 rings (SSSR count). The van der Waals surface area contributed by atoms with E-state index in [2.05, 4.69) is 10.3 Å².